The number of thiophene rings is 1. The Morgan fingerprint density at radius 1 is 1.42 bits per heavy atom. The molecule has 2 atom stereocenters. The van der Waals surface area contributed by atoms with Gasteiger partial charge in [0, 0.05) is 0 Å². The van der Waals surface area contributed by atoms with E-state index in [9.17, 15) is 19.5 Å². The fourth-order valence-electron chi connectivity index (χ4n) is 2.21. The second-order valence-corrected chi connectivity index (χ2v) is 6.96. The van der Waals surface area contributed by atoms with Crippen molar-refractivity contribution in [3.63, 3.8) is 0 Å². The molecule has 0 aromatic carbocycles. The van der Waals surface area contributed by atoms with E-state index in [1.807, 2.05) is 0 Å². The molecule has 128 valence electrons. The number of esters is 2. The van der Waals surface area contributed by atoms with Crippen LogP contribution in [0.2, 0.25) is 0 Å². The van der Waals surface area contributed by atoms with Crippen molar-refractivity contribution >= 4 is 40.9 Å². The molecule has 0 radical (unpaired) electrons. The highest BCUT2D eigenvalue weighted by atomic mass is 32.2. The van der Waals surface area contributed by atoms with Crippen molar-refractivity contribution in [2.24, 2.45) is 0 Å². The third kappa shape index (κ3) is 2.87. The van der Waals surface area contributed by atoms with Gasteiger partial charge in [-0.1, -0.05) is 11.8 Å². The molecule has 0 unspecified atom stereocenters. The number of hydrogen-bond acceptors (Lipinski definition) is 9. The van der Waals surface area contributed by atoms with Gasteiger partial charge in [0.05, 0.1) is 18.9 Å². The third-order valence-electron chi connectivity index (χ3n) is 3.26. The summed E-state index contributed by atoms with van der Waals surface area (Å²) >= 11 is 2.32. The van der Waals surface area contributed by atoms with Gasteiger partial charge in [0.25, 0.3) is 0 Å². The zero-order valence-corrected chi connectivity index (χ0v) is 14.3. The predicted molar refractivity (Wildman–Crippen MR) is 83.9 cm³/mol. The fourth-order valence-corrected chi connectivity index (χ4v) is 4.18. The molecule has 2 aliphatic rings. The molecule has 10 heteroatoms. The van der Waals surface area contributed by atoms with Crippen LogP contribution < -0.4 is 4.74 Å². The van der Waals surface area contributed by atoms with Crippen LogP contribution in [0, 0.1) is 0 Å². The van der Waals surface area contributed by atoms with Gasteiger partial charge in [-0.05, 0) is 18.4 Å². The first-order chi connectivity index (χ1) is 11.4. The number of β-lactam (4-membered cyclic amide) rings is 1. The highest BCUT2D eigenvalue weighted by molar-refractivity contribution is 8.03. The maximum atomic E-state index is 12.2. The maximum Gasteiger partial charge on any atom is 0.361 e. The smallest absolute Gasteiger partial charge is 0.361 e. The topological polar surface area (TPSA) is 102 Å². The molecular weight excluding hydrogens is 358 g/mol. The van der Waals surface area contributed by atoms with Crippen LogP contribution in [-0.2, 0) is 19.1 Å². The van der Waals surface area contributed by atoms with Crippen LogP contribution in [0.5, 0.6) is 5.75 Å². The number of carbonyl (C=O) groups excluding carboxylic acids is 3. The SMILES string of the molecule is COC(=O)c1sccc1OC1=C(C(=O)O[C@H](C)O)N2C(=O)C[C@H]2S1. The van der Waals surface area contributed by atoms with Crippen molar-refractivity contribution in [3.8, 4) is 5.75 Å². The van der Waals surface area contributed by atoms with E-state index in [1.165, 1.54) is 30.7 Å². The van der Waals surface area contributed by atoms with Gasteiger partial charge in [-0.15, -0.1) is 11.3 Å². The molecule has 3 rings (SSSR count). The van der Waals surface area contributed by atoms with Gasteiger partial charge >= 0.3 is 11.9 Å². The lowest BCUT2D eigenvalue weighted by Crippen LogP contribution is -2.48. The van der Waals surface area contributed by atoms with E-state index in [4.69, 9.17) is 9.47 Å². The molecule has 2 aliphatic heterocycles. The fraction of sp³-hybridized carbons (Fsp3) is 0.357. The monoisotopic (exact) mass is 371 g/mol. The molecular formula is C14H13NO7S2. The minimum atomic E-state index is -1.32. The Hall–Kier alpha value is -2.04. The summed E-state index contributed by atoms with van der Waals surface area (Å²) < 4.78 is 15.1. The van der Waals surface area contributed by atoms with E-state index in [0.29, 0.717) is 0 Å². The Morgan fingerprint density at radius 2 is 2.17 bits per heavy atom. The molecule has 8 nitrogen and oxygen atoms in total. The van der Waals surface area contributed by atoms with Crippen LogP contribution in [0.25, 0.3) is 0 Å². The maximum absolute atomic E-state index is 12.2. The molecule has 1 aromatic rings. The molecule has 1 saturated heterocycles. The summed E-state index contributed by atoms with van der Waals surface area (Å²) in [6.45, 7) is 1.28. The number of methoxy groups -OCH3 is 1. The molecule has 24 heavy (non-hydrogen) atoms. The largest absolute Gasteiger partial charge is 0.465 e. The second kappa shape index (κ2) is 6.46. The van der Waals surface area contributed by atoms with Gasteiger partial charge in [0.15, 0.2) is 27.7 Å². The lowest BCUT2D eigenvalue weighted by Gasteiger charge is -2.33. The van der Waals surface area contributed by atoms with Crippen molar-refractivity contribution < 1.29 is 33.7 Å². The quantitative estimate of drug-likeness (QED) is 0.469. The summed E-state index contributed by atoms with van der Waals surface area (Å²) in [6, 6.07) is 1.57. The summed E-state index contributed by atoms with van der Waals surface area (Å²) in [4.78, 5) is 37.2. The number of aliphatic hydroxyl groups is 1. The number of amides is 1. The third-order valence-corrected chi connectivity index (χ3v) is 5.27. The number of ether oxygens (including phenoxy) is 3. The van der Waals surface area contributed by atoms with Gasteiger partial charge in [0.1, 0.15) is 0 Å². The number of nitrogens with zero attached hydrogens (tertiary/aromatic N) is 1. The van der Waals surface area contributed by atoms with Crippen molar-refractivity contribution in [1.82, 2.24) is 4.90 Å². The van der Waals surface area contributed by atoms with Crippen LogP contribution in [-0.4, -0.2) is 46.6 Å². The Morgan fingerprint density at radius 3 is 2.79 bits per heavy atom. The lowest BCUT2D eigenvalue weighted by atomic mass is 10.2. The van der Waals surface area contributed by atoms with Crippen LogP contribution in [0.15, 0.2) is 22.2 Å². The first-order valence-corrected chi connectivity index (χ1v) is 8.64. The first-order valence-electron chi connectivity index (χ1n) is 6.88. The molecule has 1 N–H and O–H groups in total. The summed E-state index contributed by atoms with van der Waals surface area (Å²) in [5, 5.41) is 10.8. The molecule has 0 aliphatic carbocycles. The van der Waals surface area contributed by atoms with Crippen LogP contribution in [0.1, 0.15) is 23.0 Å². The average Bonchev–Trinajstić information content (AvgIpc) is 3.08. The predicted octanol–water partition coefficient (Wildman–Crippen LogP) is 1.27. The summed E-state index contributed by atoms with van der Waals surface area (Å²) in [5.41, 5.74) is -0.0656. The summed E-state index contributed by atoms with van der Waals surface area (Å²) in [6.07, 6.45) is -1.05. The first kappa shape index (κ1) is 16.8. The Bertz CT molecular complexity index is 739. The minimum absolute atomic E-state index is 0.0656. The molecule has 1 fully saturated rings. The zero-order valence-electron chi connectivity index (χ0n) is 12.7. The molecule has 0 saturated carbocycles. The van der Waals surface area contributed by atoms with Crippen LogP contribution >= 0.6 is 23.1 Å². The number of hydrogen-bond donors (Lipinski definition) is 1. The van der Waals surface area contributed by atoms with E-state index in [-0.39, 0.29) is 39.1 Å². The van der Waals surface area contributed by atoms with Gasteiger partial charge in [-0.2, -0.15) is 0 Å². The second-order valence-electron chi connectivity index (χ2n) is 4.89. The van der Waals surface area contributed by atoms with Gasteiger partial charge < -0.3 is 19.3 Å². The van der Waals surface area contributed by atoms with Gasteiger partial charge in [-0.25, -0.2) is 9.59 Å². The highest BCUT2D eigenvalue weighted by Gasteiger charge is 2.50. The minimum Gasteiger partial charge on any atom is -0.465 e. The highest BCUT2D eigenvalue weighted by Crippen LogP contribution is 2.47. The van der Waals surface area contributed by atoms with Crippen molar-refractivity contribution in [3.05, 3.63) is 27.1 Å². The normalized spacial score (nSPS) is 20.4. The van der Waals surface area contributed by atoms with Crippen LogP contribution in [0.4, 0.5) is 0 Å². The van der Waals surface area contributed by atoms with E-state index >= 15 is 0 Å². The average molecular weight is 371 g/mol. The molecule has 1 aromatic heterocycles. The summed E-state index contributed by atoms with van der Waals surface area (Å²) in [7, 11) is 1.26. The van der Waals surface area contributed by atoms with E-state index < -0.39 is 18.2 Å². The lowest BCUT2D eigenvalue weighted by molar-refractivity contribution is -0.165. The Balaban J connectivity index is 1.91. The molecule has 0 spiro atoms. The molecule has 1 amide bonds. The Kier molecular flexibility index (Phi) is 4.52. The van der Waals surface area contributed by atoms with Crippen molar-refractivity contribution in [2.45, 2.75) is 25.0 Å². The van der Waals surface area contributed by atoms with Gasteiger partial charge in [-0.3, -0.25) is 9.69 Å². The van der Waals surface area contributed by atoms with E-state index in [2.05, 4.69) is 4.74 Å². The van der Waals surface area contributed by atoms with E-state index in [0.717, 1.165) is 11.3 Å². The molecule has 0 bridgehead atoms. The number of carbonyl (C=O) groups is 3. The number of rotatable bonds is 5. The number of fused-ring (bicyclic) bond motifs is 1. The van der Waals surface area contributed by atoms with Crippen molar-refractivity contribution in [2.75, 3.05) is 7.11 Å². The standard InChI is InChI=1S/C14H13NO7S2/c1-6(16)21-12(18)10-14(24-9-5-8(17)15(9)10)22-7-3-4-23-11(7)13(19)20-2/h3-4,6,9,16H,5H2,1-2H3/t6-,9-/m1/s1. The van der Waals surface area contributed by atoms with Gasteiger partial charge in [0.2, 0.25) is 5.91 Å². The number of aliphatic hydroxyl groups excluding tert-OH is 1. The van der Waals surface area contributed by atoms with Crippen molar-refractivity contribution in [1.29, 1.82) is 0 Å². The van der Waals surface area contributed by atoms with Crippen LogP contribution in [0.3, 0.4) is 0 Å². The van der Waals surface area contributed by atoms with E-state index in [1.54, 1.807) is 11.4 Å². The molecule has 3 heterocycles. The zero-order chi connectivity index (χ0) is 17.4. The number of thioether (sulfide) groups is 1. The Labute approximate surface area is 145 Å². The summed E-state index contributed by atoms with van der Waals surface area (Å²) in [5.74, 6) is -1.43.